The topological polar surface area (TPSA) is 111 Å². The number of nitrogens with two attached hydrogens (primary N) is 1. The van der Waals surface area contributed by atoms with Gasteiger partial charge in [0.2, 0.25) is 0 Å². The van der Waals surface area contributed by atoms with Gasteiger partial charge in [-0.15, -0.1) is 5.10 Å². The average molecular weight is 381 g/mol. The van der Waals surface area contributed by atoms with Gasteiger partial charge in [-0.25, -0.2) is 5.14 Å². The number of rotatable bonds is 5. The van der Waals surface area contributed by atoms with Gasteiger partial charge >= 0.3 is 0 Å². The summed E-state index contributed by atoms with van der Waals surface area (Å²) >= 11 is 0. The fourth-order valence-electron chi connectivity index (χ4n) is 3.30. The first-order chi connectivity index (χ1) is 12.3. The van der Waals surface area contributed by atoms with Crippen LogP contribution < -0.4 is 19.5 Å². The highest BCUT2D eigenvalue weighted by atomic mass is 32.2. The van der Waals surface area contributed by atoms with E-state index >= 15 is 0 Å². The summed E-state index contributed by atoms with van der Waals surface area (Å²) in [5.74, 6) is 1.27. The first kappa shape index (κ1) is 18.6. The standard InChI is InChI=1S/C16H23N5O4S/c1-20(26(17,22)23)11-4-6-21(7-5-11)14-10-18-19-16-13(14)8-12(24-2)9-15(16)25-3/h8-11H,4-7H2,1-3H3,(H2,17,22,23). The van der Waals surface area contributed by atoms with Gasteiger partial charge < -0.3 is 14.4 Å². The lowest BCUT2D eigenvalue weighted by Gasteiger charge is -2.36. The van der Waals surface area contributed by atoms with E-state index in [2.05, 4.69) is 15.1 Å². The van der Waals surface area contributed by atoms with E-state index in [4.69, 9.17) is 14.6 Å². The van der Waals surface area contributed by atoms with Crippen molar-refractivity contribution in [3.05, 3.63) is 18.3 Å². The van der Waals surface area contributed by atoms with Crippen molar-refractivity contribution in [2.45, 2.75) is 18.9 Å². The molecule has 0 unspecified atom stereocenters. The Kier molecular flexibility index (Phi) is 5.17. The van der Waals surface area contributed by atoms with E-state index in [9.17, 15) is 8.42 Å². The molecule has 0 amide bonds. The largest absolute Gasteiger partial charge is 0.497 e. The van der Waals surface area contributed by atoms with Crippen LogP contribution in [0.25, 0.3) is 10.9 Å². The molecule has 0 radical (unpaired) electrons. The fourth-order valence-corrected chi connectivity index (χ4v) is 3.92. The number of hydrogen-bond donors (Lipinski definition) is 1. The summed E-state index contributed by atoms with van der Waals surface area (Å²) in [6.45, 7) is 1.37. The number of fused-ring (bicyclic) bond motifs is 1. The Labute approximate surface area is 152 Å². The van der Waals surface area contributed by atoms with Crippen molar-refractivity contribution in [1.82, 2.24) is 14.5 Å². The smallest absolute Gasteiger partial charge is 0.276 e. The van der Waals surface area contributed by atoms with Crippen LogP contribution in [0, 0.1) is 0 Å². The molecule has 3 rings (SSSR count). The molecule has 2 N–H and O–H groups in total. The molecule has 1 saturated heterocycles. The number of methoxy groups -OCH3 is 2. The average Bonchev–Trinajstić information content (AvgIpc) is 2.65. The highest BCUT2D eigenvalue weighted by Gasteiger charge is 2.28. The van der Waals surface area contributed by atoms with E-state index in [1.807, 2.05) is 6.07 Å². The molecule has 1 aliphatic heterocycles. The number of piperidine rings is 1. The summed E-state index contributed by atoms with van der Waals surface area (Å²) in [5.41, 5.74) is 1.58. The highest BCUT2D eigenvalue weighted by molar-refractivity contribution is 7.86. The molecule has 0 saturated carbocycles. The lowest BCUT2D eigenvalue weighted by molar-refractivity contribution is 0.312. The van der Waals surface area contributed by atoms with Gasteiger partial charge in [0.05, 0.1) is 26.1 Å². The Bertz CT molecular complexity index is 897. The summed E-state index contributed by atoms with van der Waals surface area (Å²) in [6, 6.07) is 3.57. The van der Waals surface area contributed by atoms with Crippen LogP contribution in [0.15, 0.2) is 18.3 Å². The normalized spacial score (nSPS) is 16.3. The maximum Gasteiger partial charge on any atom is 0.276 e. The molecule has 0 aliphatic carbocycles. The molecule has 0 spiro atoms. The van der Waals surface area contributed by atoms with Gasteiger partial charge in [-0.1, -0.05) is 0 Å². The molecule has 1 aliphatic rings. The fraction of sp³-hybridized carbons (Fsp3) is 0.500. The van der Waals surface area contributed by atoms with Crippen LogP contribution in [0.1, 0.15) is 12.8 Å². The molecule has 0 bridgehead atoms. The number of nitrogens with zero attached hydrogens (tertiary/aromatic N) is 4. The Hall–Kier alpha value is -2.17. The zero-order chi connectivity index (χ0) is 18.9. The molecule has 1 fully saturated rings. The predicted molar refractivity (Wildman–Crippen MR) is 98.7 cm³/mol. The Morgan fingerprint density at radius 2 is 1.92 bits per heavy atom. The van der Waals surface area contributed by atoms with Crippen LogP contribution in [-0.2, 0) is 10.2 Å². The van der Waals surface area contributed by atoms with Gasteiger partial charge in [0.25, 0.3) is 10.2 Å². The van der Waals surface area contributed by atoms with Crippen molar-refractivity contribution < 1.29 is 17.9 Å². The van der Waals surface area contributed by atoms with Gasteiger partial charge in [-0.05, 0) is 18.9 Å². The second-order valence-electron chi connectivity index (χ2n) is 6.24. The molecular weight excluding hydrogens is 358 g/mol. The van der Waals surface area contributed by atoms with Crippen LogP contribution in [0.2, 0.25) is 0 Å². The Balaban J connectivity index is 1.90. The summed E-state index contributed by atoms with van der Waals surface area (Å²) in [6.07, 6.45) is 3.07. The van der Waals surface area contributed by atoms with Crippen molar-refractivity contribution in [2.24, 2.45) is 5.14 Å². The summed E-state index contributed by atoms with van der Waals surface area (Å²) in [4.78, 5) is 2.17. The summed E-state index contributed by atoms with van der Waals surface area (Å²) < 4.78 is 35.1. The third kappa shape index (κ3) is 3.53. The van der Waals surface area contributed by atoms with Crippen molar-refractivity contribution in [1.29, 1.82) is 0 Å². The molecule has 2 aromatic rings. The maximum absolute atomic E-state index is 11.5. The lowest BCUT2D eigenvalue weighted by Crippen LogP contribution is -2.47. The molecule has 9 nitrogen and oxygen atoms in total. The van der Waals surface area contributed by atoms with Gasteiger partial charge in [-0.3, -0.25) is 0 Å². The van der Waals surface area contributed by atoms with Gasteiger partial charge in [0.1, 0.15) is 11.3 Å². The summed E-state index contributed by atoms with van der Waals surface area (Å²) in [5, 5.41) is 14.4. The monoisotopic (exact) mass is 381 g/mol. The highest BCUT2D eigenvalue weighted by Crippen LogP contribution is 2.35. The van der Waals surface area contributed by atoms with E-state index in [0.29, 0.717) is 42.9 Å². The molecule has 142 valence electrons. The number of benzene rings is 1. The molecular formula is C16H23N5O4S. The Morgan fingerprint density at radius 1 is 1.23 bits per heavy atom. The van der Waals surface area contributed by atoms with Crippen molar-refractivity contribution in [3.8, 4) is 11.5 Å². The van der Waals surface area contributed by atoms with Crippen LogP contribution in [0.5, 0.6) is 11.5 Å². The van der Waals surface area contributed by atoms with Crippen LogP contribution in [-0.4, -0.2) is 63.3 Å². The molecule has 0 atom stereocenters. The van der Waals surface area contributed by atoms with Crippen LogP contribution in [0.4, 0.5) is 5.69 Å². The quantitative estimate of drug-likeness (QED) is 0.813. The molecule has 1 aromatic heterocycles. The third-order valence-corrected chi connectivity index (χ3v) is 5.94. The number of hydrogen-bond acceptors (Lipinski definition) is 7. The lowest BCUT2D eigenvalue weighted by atomic mass is 10.0. The minimum absolute atomic E-state index is 0.105. The van der Waals surface area contributed by atoms with Crippen molar-refractivity contribution in [2.75, 3.05) is 39.3 Å². The second kappa shape index (κ2) is 7.22. The molecule has 26 heavy (non-hydrogen) atoms. The maximum atomic E-state index is 11.5. The van der Waals surface area contributed by atoms with Crippen molar-refractivity contribution >= 4 is 26.8 Å². The van der Waals surface area contributed by atoms with Crippen molar-refractivity contribution in [3.63, 3.8) is 0 Å². The third-order valence-electron chi connectivity index (χ3n) is 4.84. The molecule has 1 aromatic carbocycles. The summed E-state index contributed by atoms with van der Waals surface area (Å²) in [7, 11) is 1.03. The van der Waals surface area contributed by atoms with Crippen LogP contribution in [0.3, 0.4) is 0 Å². The van der Waals surface area contributed by atoms with Gasteiger partial charge in [0.15, 0.2) is 5.75 Å². The van der Waals surface area contributed by atoms with E-state index in [-0.39, 0.29) is 6.04 Å². The molecule has 10 heteroatoms. The van der Waals surface area contributed by atoms with E-state index in [0.717, 1.165) is 11.1 Å². The number of ether oxygens (including phenoxy) is 2. The van der Waals surface area contributed by atoms with Gasteiger partial charge in [0, 0.05) is 37.6 Å². The number of anilines is 1. The SMILES string of the molecule is COc1cc(OC)c2nncc(N3CCC(N(C)S(N)(=O)=O)CC3)c2c1. The van der Waals surface area contributed by atoms with Crippen LogP contribution >= 0.6 is 0 Å². The number of aromatic nitrogens is 2. The predicted octanol–water partition coefficient (Wildman–Crippen LogP) is 0.751. The first-order valence-electron chi connectivity index (χ1n) is 8.23. The van der Waals surface area contributed by atoms with E-state index < -0.39 is 10.2 Å². The first-order valence-corrected chi connectivity index (χ1v) is 9.73. The zero-order valence-corrected chi connectivity index (χ0v) is 15.9. The zero-order valence-electron chi connectivity index (χ0n) is 15.0. The minimum atomic E-state index is -3.68. The minimum Gasteiger partial charge on any atom is -0.497 e. The van der Waals surface area contributed by atoms with Gasteiger partial charge in [-0.2, -0.15) is 17.8 Å². The second-order valence-corrected chi connectivity index (χ2v) is 7.84. The van der Waals surface area contributed by atoms with E-state index in [1.165, 1.54) is 11.4 Å². The molecule has 2 heterocycles. The Morgan fingerprint density at radius 3 is 2.50 bits per heavy atom. The van der Waals surface area contributed by atoms with E-state index in [1.54, 1.807) is 26.5 Å².